The van der Waals surface area contributed by atoms with Crippen LogP contribution in [0.3, 0.4) is 0 Å². The van der Waals surface area contributed by atoms with Gasteiger partial charge in [0.05, 0.1) is 30.3 Å². The molecule has 0 spiro atoms. The normalized spacial score (nSPS) is 34.8. The molecule has 404 valence electrons. The summed E-state index contributed by atoms with van der Waals surface area (Å²) in [5.74, 6) is -4.07. The fourth-order valence-corrected chi connectivity index (χ4v) is 14.7. The van der Waals surface area contributed by atoms with Crippen LogP contribution in [0.15, 0.2) is 11.6 Å². The number of nitrogens with two attached hydrogens (primary N) is 2. The molecule has 0 saturated heterocycles. The molecule has 71 heavy (non-hydrogen) atoms. The number of fused-ring (bicyclic) bond motifs is 7. The molecule has 5 amide bonds. The summed E-state index contributed by atoms with van der Waals surface area (Å²) in [7, 11) is 0. The number of carboxylic acids is 1. The van der Waals surface area contributed by atoms with Crippen LogP contribution in [0.5, 0.6) is 0 Å². The number of carboxylic acid groups (broad SMARTS) is 1. The van der Waals surface area contributed by atoms with Crippen molar-refractivity contribution in [3.63, 3.8) is 0 Å². The van der Waals surface area contributed by atoms with Crippen LogP contribution >= 0.6 is 0 Å². The van der Waals surface area contributed by atoms with E-state index >= 15 is 4.79 Å². The zero-order chi connectivity index (χ0) is 53.0. The van der Waals surface area contributed by atoms with Crippen molar-refractivity contribution in [1.29, 1.82) is 0 Å². The van der Waals surface area contributed by atoms with Gasteiger partial charge in [-0.15, -0.1) is 0 Å². The van der Waals surface area contributed by atoms with Gasteiger partial charge < -0.3 is 63.6 Å². The van der Waals surface area contributed by atoms with Crippen LogP contribution in [0.2, 0.25) is 0 Å². The number of rotatable bonds is 22. The van der Waals surface area contributed by atoms with E-state index < -0.39 is 84.0 Å². The van der Waals surface area contributed by atoms with Gasteiger partial charge in [-0.25, -0.2) is 4.79 Å². The highest BCUT2D eigenvalue weighted by Crippen LogP contribution is 2.75. The first-order chi connectivity index (χ1) is 33.2. The lowest BCUT2D eigenvalue weighted by Gasteiger charge is -2.71. The molecule has 0 aliphatic heterocycles. The highest BCUT2D eigenvalue weighted by atomic mass is 16.4. The molecule has 14 N–H and O–H groups in total. The van der Waals surface area contributed by atoms with E-state index in [-0.39, 0.29) is 64.9 Å². The van der Waals surface area contributed by atoms with Gasteiger partial charge in [0.2, 0.25) is 29.5 Å². The van der Waals surface area contributed by atoms with Crippen molar-refractivity contribution in [2.75, 3.05) is 19.7 Å². The molecular weight excluding hydrogens is 911 g/mol. The fourth-order valence-electron chi connectivity index (χ4n) is 14.7. The quantitative estimate of drug-likeness (QED) is 0.0549. The second-order valence-corrected chi connectivity index (χ2v) is 23.9. The summed E-state index contributed by atoms with van der Waals surface area (Å²) in [6, 6.07) is -7.45. The van der Waals surface area contributed by atoms with Gasteiger partial charge in [0.1, 0.15) is 30.2 Å². The van der Waals surface area contributed by atoms with Crippen LogP contribution in [0.25, 0.3) is 0 Å². The van der Waals surface area contributed by atoms with Crippen LogP contribution < -0.4 is 38.1 Å². The van der Waals surface area contributed by atoms with Crippen molar-refractivity contribution in [1.82, 2.24) is 26.6 Å². The molecule has 5 aliphatic carbocycles. The Bertz CT molecular complexity index is 1970. The van der Waals surface area contributed by atoms with E-state index in [1.165, 1.54) is 19.4 Å². The second kappa shape index (κ2) is 23.3. The molecule has 0 aromatic heterocycles. The van der Waals surface area contributed by atoms with E-state index in [1.807, 2.05) is 0 Å². The highest BCUT2D eigenvalue weighted by Gasteiger charge is 2.69. The third kappa shape index (κ3) is 11.4. The molecule has 3 unspecified atom stereocenters. The van der Waals surface area contributed by atoms with Gasteiger partial charge in [-0.2, -0.15) is 0 Å². The zero-order valence-electron chi connectivity index (χ0n) is 44.2. The van der Waals surface area contributed by atoms with E-state index in [1.54, 1.807) is 0 Å². The third-order valence-corrected chi connectivity index (χ3v) is 19.5. The Labute approximate surface area is 421 Å². The van der Waals surface area contributed by atoms with Gasteiger partial charge >= 0.3 is 5.97 Å². The summed E-state index contributed by atoms with van der Waals surface area (Å²) in [5.41, 5.74) is 11.8. The number of unbranched alkanes of at least 4 members (excludes halogenated alkanes) is 2. The lowest BCUT2D eigenvalue weighted by atomic mass is 9.33. The van der Waals surface area contributed by atoms with E-state index in [0.717, 1.165) is 44.9 Å². The maximum Gasteiger partial charge on any atom is 0.328 e. The smallest absolute Gasteiger partial charge is 0.328 e. The first-order valence-corrected chi connectivity index (χ1v) is 26.7. The molecule has 0 aromatic carbocycles. The van der Waals surface area contributed by atoms with Crippen molar-refractivity contribution in [2.24, 2.45) is 68.1 Å². The summed E-state index contributed by atoms with van der Waals surface area (Å²) < 4.78 is 0. The summed E-state index contributed by atoms with van der Waals surface area (Å²) >= 11 is 0. The number of allylic oxidation sites excluding steroid dienone is 2. The van der Waals surface area contributed by atoms with E-state index in [9.17, 15) is 49.5 Å². The summed E-state index contributed by atoms with van der Waals surface area (Å²) in [4.78, 5) is 82.2. The Morgan fingerprint density at radius 3 is 1.76 bits per heavy atom. The van der Waals surface area contributed by atoms with Gasteiger partial charge in [-0.1, -0.05) is 60.1 Å². The van der Waals surface area contributed by atoms with Crippen LogP contribution in [0.4, 0.5) is 0 Å². The molecule has 0 aromatic rings. The first kappa shape index (κ1) is 58.2. The van der Waals surface area contributed by atoms with Gasteiger partial charge in [0, 0.05) is 0 Å². The molecule has 18 heteroatoms. The zero-order valence-corrected chi connectivity index (χ0v) is 44.2. The van der Waals surface area contributed by atoms with Crippen LogP contribution in [0.1, 0.15) is 159 Å². The summed E-state index contributed by atoms with van der Waals surface area (Å²) in [5, 5.41) is 64.6. The average molecular weight is 1000 g/mol. The van der Waals surface area contributed by atoms with Crippen molar-refractivity contribution in [3.8, 4) is 0 Å². The molecule has 0 heterocycles. The number of carbonyl (C=O) groups excluding carboxylic acids is 5. The predicted molar refractivity (Wildman–Crippen MR) is 269 cm³/mol. The molecule has 5 aliphatic rings. The van der Waals surface area contributed by atoms with E-state index in [0.29, 0.717) is 62.8 Å². The molecule has 0 bridgehead atoms. The molecule has 5 rings (SSSR count). The SMILES string of the molecule is C[C@@H]1CC[C@]2(C(=O)N[C@@H](CCCCN)C(=O)N[C@H](C(=O)N[C@H](C(=O)N[C@@H](CCCCN)C(=O)N[C@@H](CO)C(=O)O)[C@@H](C)O)[C@@H](C)O)CC[C@]3(C)C(=CCC4[C@@]5(C)CC[C@H](O)C(C)(C)C5CC[C@]43C)C2[C@H]1C. The minimum absolute atomic E-state index is 0.0122. The molecule has 4 fully saturated rings. The Kier molecular flexibility index (Phi) is 19.1. The predicted octanol–water partition coefficient (Wildman–Crippen LogP) is 2.53. The maximum atomic E-state index is 15.4. The van der Waals surface area contributed by atoms with Crippen LogP contribution in [-0.4, -0.2) is 129 Å². The molecule has 4 saturated carbocycles. The van der Waals surface area contributed by atoms with Gasteiger partial charge in [0.15, 0.2) is 0 Å². The lowest BCUT2D eigenvalue weighted by Crippen LogP contribution is -2.66. The van der Waals surface area contributed by atoms with E-state index in [2.05, 4.69) is 81.1 Å². The number of aliphatic carboxylic acids is 1. The van der Waals surface area contributed by atoms with Gasteiger partial charge in [-0.05, 0) is 174 Å². The largest absolute Gasteiger partial charge is 0.480 e. The topological polar surface area (TPSA) is 316 Å². The lowest BCUT2D eigenvalue weighted by molar-refractivity contribution is -0.204. The Morgan fingerprint density at radius 2 is 1.21 bits per heavy atom. The number of hydrogen-bond donors (Lipinski definition) is 12. The van der Waals surface area contributed by atoms with Gasteiger partial charge in [-0.3, -0.25) is 24.0 Å². The Morgan fingerprint density at radius 1 is 0.676 bits per heavy atom. The molecule has 18 nitrogen and oxygen atoms in total. The Balaban J connectivity index is 1.38. The number of hydrogen-bond acceptors (Lipinski definition) is 12. The molecule has 0 radical (unpaired) electrons. The fraction of sp³-hybridized carbons (Fsp3) is 0.849. The van der Waals surface area contributed by atoms with Crippen molar-refractivity contribution in [3.05, 3.63) is 11.6 Å². The van der Waals surface area contributed by atoms with Crippen LogP contribution in [-0.2, 0) is 28.8 Å². The van der Waals surface area contributed by atoms with Crippen LogP contribution in [0, 0.1) is 56.7 Å². The van der Waals surface area contributed by atoms with Gasteiger partial charge in [0.25, 0.3) is 0 Å². The molecule has 17 atom stereocenters. The second-order valence-electron chi connectivity index (χ2n) is 23.9. The minimum atomic E-state index is -1.70. The summed E-state index contributed by atoms with van der Waals surface area (Å²) in [6.07, 6.45) is 8.98. The number of aliphatic hydroxyl groups excluding tert-OH is 4. The number of amides is 5. The highest BCUT2D eigenvalue weighted by molar-refractivity contribution is 5.97. The first-order valence-electron chi connectivity index (χ1n) is 26.7. The number of nitrogens with one attached hydrogen (secondary N) is 5. The minimum Gasteiger partial charge on any atom is -0.480 e. The number of carbonyl (C=O) groups is 6. The number of aliphatic hydroxyl groups is 4. The monoisotopic (exact) mass is 1000 g/mol. The average Bonchev–Trinajstić information content (AvgIpc) is 3.30. The van der Waals surface area contributed by atoms with Crippen molar-refractivity contribution < 1.29 is 54.3 Å². The third-order valence-electron chi connectivity index (χ3n) is 19.5. The van der Waals surface area contributed by atoms with Crippen molar-refractivity contribution >= 4 is 35.5 Å². The summed E-state index contributed by atoms with van der Waals surface area (Å²) in [6.45, 7) is 18.7. The van der Waals surface area contributed by atoms with E-state index in [4.69, 9.17) is 11.5 Å². The standard InChI is InChI=1S/C53H91N7O11/c1-29-18-23-53(25-24-51(8)33(40(53)30(29)2)16-17-38-50(7)21-20-39(64)49(5,6)37(50)19-22-52(38,51)9)48(71)58-35(15-11-13-27-55)44(66)59-42(32(4)63)46(68)60-41(31(3)62)45(67)56-34(14-10-12-26-54)43(65)57-36(28-61)47(69)70/h16,29-32,34-42,61-64H,10-15,17-28,54-55H2,1-9H3,(H,56,67)(H,57,65)(H,58,71)(H,59,66)(H,60,68)(H,69,70)/t29-,30+,31-,32-,34+,35+,36+,37?,38?,39+,40?,41+,42+,50+,51-,52-,53+/m1/s1. The van der Waals surface area contributed by atoms with Crippen molar-refractivity contribution in [2.45, 2.75) is 207 Å². The molecular formula is C53H91N7O11. The Hall–Kier alpha value is -3.68. The maximum absolute atomic E-state index is 15.4.